The van der Waals surface area contributed by atoms with Gasteiger partial charge in [0.15, 0.2) is 16.7 Å². The van der Waals surface area contributed by atoms with Crippen LogP contribution in [0.1, 0.15) is 29.8 Å². The van der Waals surface area contributed by atoms with Crippen molar-refractivity contribution < 1.29 is 14.3 Å². The van der Waals surface area contributed by atoms with Crippen molar-refractivity contribution in [2.45, 2.75) is 32.1 Å². The van der Waals surface area contributed by atoms with Crippen LogP contribution in [0, 0.1) is 5.92 Å². The second-order valence-corrected chi connectivity index (χ2v) is 8.09. The van der Waals surface area contributed by atoms with Crippen LogP contribution in [-0.2, 0) is 13.1 Å². The molecule has 2 aromatic rings. The molecule has 0 unspecified atom stereocenters. The minimum absolute atomic E-state index is 0.127. The van der Waals surface area contributed by atoms with Gasteiger partial charge >= 0.3 is 0 Å². The first-order valence-corrected chi connectivity index (χ1v) is 9.92. The summed E-state index contributed by atoms with van der Waals surface area (Å²) in [5, 5.41) is 0.683. The zero-order valence-electron chi connectivity index (χ0n) is 15.3. The van der Waals surface area contributed by atoms with Gasteiger partial charge in [0.25, 0.3) is 11.5 Å². The van der Waals surface area contributed by atoms with E-state index in [1.807, 2.05) is 32.0 Å². The quantitative estimate of drug-likeness (QED) is 0.734. The largest absolute Gasteiger partial charge is 0.454 e. The minimum Gasteiger partial charge on any atom is -0.454 e. The van der Waals surface area contributed by atoms with E-state index in [1.165, 1.54) is 18.0 Å². The fourth-order valence-corrected chi connectivity index (χ4v) is 4.17. The van der Waals surface area contributed by atoms with Crippen LogP contribution in [0.3, 0.4) is 0 Å². The molecular weight excluding hydrogens is 366 g/mol. The average molecular weight is 387 g/mol. The van der Waals surface area contributed by atoms with Gasteiger partial charge in [-0.15, -0.1) is 0 Å². The van der Waals surface area contributed by atoms with E-state index < -0.39 is 0 Å². The first-order valence-electron chi connectivity index (χ1n) is 8.93. The number of aromatic nitrogens is 2. The normalized spacial score (nSPS) is 14.5. The Balaban J connectivity index is 1.62. The van der Waals surface area contributed by atoms with E-state index in [0.29, 0.717) is 36.3 Å². The van der Waals surface area contributed by atoms with Gasteiger partial charge < -0.3 is 14.4 Å². The molecule has 4 rings (SSSR count). The van der Waals surface area contributed by atoms with Crippen molar-refractivity contribution in [3.05, 3.63) is 45.9 Å². The van der Waals surface area contributed by atoms with Gasteiger partial charge in [-0.25, -0.2) is 4.98 Å². The topological polar surface area (TPSA) is 73.7 Å². The number of hydrogen-bond donors (Lipinski definition) is 0. The Labute approximate surface area is 161 Å². The van der Waals surface area contributed by atoms with Crippen molar-refractivity contribution in [1.82, 2.24) is 14.5 Å². The highest BCUT2D eigenvalue weighted by molar-refractivity contribution is 7.99. The predicted octanol–water partition coefficient (Wildman–Crippen LogP) is 2.38. The van der Waals surface area contributed by atoms with E-state index in [0.717, 1.165) is 11.3 Å². The molecule has 0 saturated carbocycles. The van der Waals surface area contributed by atoms with Crippen LogP contribution in [0.25, 0.3) is 0 Å². The molecular formula is C19H21N3O4S. The molecule has 142 valence electrons. The summed E-state index contributed by atoms with van der Waals surface area (Å²) >= 11 is 1.54. The molecule has 0 fully saturated rings. The average Bonchev–Trinajstić information content (AvgIpc) is 3.29. The Morgan fingerprint density at radius 1 is 1.33 bits per heavy atom. The van der Waals surface area contributed by atoms with Crippen molar-refractivity contribution in [1.29, 1.82) is 0 Å². The van der Waals surface area contributed by atoms with Crippen molar-refractivity contribution in [3.63, 3.8) is 0 Å². The lowest BCUT2D eigenvalue weighted by molar-refractivity contribution is 0.0719. The number of benzene rings is 1. The first kappa shape index (κ1) is 17.9. The number of nitrogens with zero attached hydrogens (tertiary/aromatic N) is 3. The Bertz CT molecular complexity index is 941. The number of hydrogen-bond acceptors (Lipinski definition) is 6. The van der Waals surface area contributed by atoms with Crippen molar-refractivity contribution in [2.24, 2.45) is 5.92 Å². The lowest BCUT2D eigenvalue weighted by Crippen LogP contribution is -2.38. The number of ether oxygens (including phenoxy) is 2. The van der Waals surface area contributed by atoms with Gasteiger partial charge in [0.05, 0.1) is 0 Å². The van der Waals surface area contributed by atoms with E-state index in [-0.39, 0.29) is 29.7 Å². The summed E-state index contributed by atoms with van der Waals surface area (Å²) in [5.74, 6) is 2.18. The minimum atomic E-state index is -0.286. The molecule has 0 atom stereocenters. The highest BCUT2D eigenvalue weighted by Gasteiger charge is 2.25. The number of carbonyl (C=O) groups excluding carboxylic acids is 1. The molecule has 27 heavy (non-hydrogen) atoms. The van der Waals surface area contributed by atoms with Gasteiger partial charge in [0.2, 0.25) is 6.79 Å². The van der Waals surface area contributed by atoms with Crippen LogP contribution >= 0.6 is 11.8 Å². The summed E-state index contributed by atoms with van der Waals surface area (Å²) in [6.07, 6.45) is 1.42. The number of carbonyl (C=O) groups is 1. The third-order valence-electron chi connectivity index (χ3n) is 4.47. The number of amides is 1. The van der Waals surface area contributed by atoms with Gasteiger partial charge in [-0.1, -0.05) is 31.7 Å². The van der Waals surface area contributed by atoms with Crippen LogP contribution in [0.4, 0.5) is 0 Å². The summed E-state index contributed by atoms with van der Waals surface area (Å²) in [5.41, 5.74) is 0.801. The number of rotatable bonds is 5. The molecule has 1 aromatic heterocycles. The Kier molecular flexibility index (Phi) is 4.82. The summed E-state index contributed by atoms with van der Waals surface area (Å²) < 4.78 is 12.4. The summed E-state index contributed by atoms with van der Waals surface area (Å²) in [6, 6.07) is 5.64. The molecule has 0 saturated heterocycles. The maximum atomic E-state index is 13.1. The molecule has 2 aliphatic heterocycles. The molecule has 0 radical (unpaired) electrons. The SMILES string of the molecule is CC(C)CN(Cc1ccc2c(c1)OCO2)C(=O)c1cnc2n(c1=O)CCS2. The van der Waals surface area contributed by atoms with Crippen LogP contribution in [0.15, 0.2) is 34.3 Å². The molecule has 7 nitrogen and oxygen atoms in total. The highest BCUT2D eigenvalue weighted by Crippen LogP contribution is 2.33. The van der Waals surface area contributed by atoms with Crippen molar-refractivity contribution in [2.75, 3.05) is 19.1 Å². The maximum absolute atomic E-state index is 13.1. The molecule has 2 aliphatic rings. The fourth-order valence-electron chi connectivity index (χ4n) is 3.25. The third kappa shape index (κ3) is 3.53. The summed E-state index contributed by atoms with van der Waals surface area (Å²) in [7, 11) is 0. The zero-order chi connectivity index (χ0) is 19.0. The Morgan fingerprint density at radius 2 is 2.15 bits per heavy atom. The molecule has 0 N–H and O–H groups in total. The molecule has 3 heterocycles. The van der Waals surface area contributed by atoms with E-state index in [2.05, 4.69) is 4.98 Å². The van der Waals surface area contributed by atoms with Gasteiger partial charge in [0, 0.05) is 31.6 Å². The van der Waals surface area contributed by atoms with Crippen molar-refractivity contribution >= 4 is 17.7 Å². The van der Waals surface area contributed by atoms with Crippen LogP contribution in [0.2, 0.25) is 0 Å². The van der Waals surface area contributed by atoms with Gasteiger partial charge in [-0.2, -0.15) is 0 Å². The lowest BCUT2D eigenvalue weighted by Gasteiger charge is -2.25. The van der Waals surface area contributed by atoms with E-state index in [9.17, 15) is 9.59 Å². The molecule has 1 aromatic carbocycles. The van der Waals surface area contributed by atoms with E-state index in [4.69, 9.17) is 9.47 Å². The van der Waals surface area contributed by atoms with E-state index in [1.54, 1.807) is 9.47 Å². The Morgan fingerprint density at radius 3 is 2.96 bits per heavy atom. The van der Waals surface area contributed by atoms with Crippen molar-refractivity contribution in [3.8, 4) is 11.5 Å². The van der Waals surface area contributed by atoms with Gasteiger partial charge in [-0.3, -0.25) is 14.2 Å². The predicted molar refractivity (Wildman–Crippen MR) is 101 cm³/mol. The van der Waals surface area contributed by atoms with E-state index >= 15 is 0 Å². The molecule has 0 bridgehead atoms. The van der Waals surface area contributed by atoms with Crippen LogP contribution in [-0.4, -0.2) is 39.4 Å². The third-order valence-corrected chi connectivity index (χ3v) is 5.44. The second kappa shape index (κ2) is 7.26. The monoisotopic (exact) mass is 387 g/mol. The zero-order valence-corrected chi connectivity index (χ0v) is 16.1. The Hall–Kier alpha value is -2.48. The maximum Gasteiger partial charge on any atom is 0.267 e. The van der Waals surface area contributed by atoms with Gasteiger partial charge in [-0.05, 0) is 23.6 Å². The van der Waals surface area contributed by atoms with Crippen LogP contribution in [0.5, 0.6) is 11.5 Å². The van der Waals surface area contributed by atoms with Gasteiger partial charge in [0.1, 0.15) is 5.56 Å². The standard InChI is InChI=1S/C19H21N3O4S/c1-12(2)9-21(10-13-3-4-15-16(7-13)26-11-25-15)17(23)14-8-20-19-22(18(14)24)5-6-27-19/h3-4,7-8,12H,5-6,9-11H2,1-2H3. The second-order valence-electron chi connectivity index (χ2n) is 7.03. The number of thioether (sulfide) groups is 1. The summed E-state index contributed by atoms with van der Waals surface area (Å²) in [4.78, 5) is 31.9. The molecule has 0 spiro atoms. The van der Waals surface area contributed by atoms with Crippen LogP contribution < -0.4 is 15.0 Å². The smallest absolute Gasteiger partial charge is 0.267 e. The first-order chi connectivity index (χ1) is 13.0. The molecule has 8 heteroatoms. The number of fused-ring (bicyclic) bond motifs is 2. The lowest BCUT2D eigenvalue weighted by atomic mass is 10.1. The summed E-state index contributed by atoms with van der Waals surface area (Å²) in [6.45, 7) is 5.84. The fraction of sp³-hybridized carbons (Fsp3) is 0.421. The highest BCUT2D eigenvalue weighted by atomic mass is 32.2. The molecule has 0 aliphatic carbocycles. The molecule has 1 amide bonds.